The Balaban J connectivity index is 2.21. The van der Waals surface area contributed by atoms with Crippen molar-refractivity contribution in [1.29, 1.82) is 0 Å². The molecule has 7 heteroatoms. The Hall–Kier alpha value is -2.54. The van der Waals surface area contributed by atoms with E-state index >= 15 is 0 Å². The second-order valence-corrected chi connectivity index (χ2v) is 8.01. The second-order valence-electron chi connectivity index (χ2n) is 7.57. The monoisotopic (exact) mass is 388 g/mol. The van der Waals surface area contributed by atoms with Crippen molar-refractivity contribution in [3.8, 4) is 11.5 Å². The third kappa shape index (κ3) is 3.39. The van der Waals surface area contributed by atoms with Crippen molar-refractivity contribution in [2.75, 3.05) is 14.2 Å². The first-order chi connectivity index (χ1) is 12.7. The van der Waals surface area contributed by atoms with E-state index in [4.69, 9.17) is 37.9 Å². The lowest BCUT2D eigenvalue weighted by Crippen LogP contribution is -2.36. The Morgan fingerprint density at radius 1 is 1.22 bits per heavy atom. The number of hydrogen-bond acceptors (Lipinski definition) is 6. The Labute approximate surface area is 164 Å². The highest BCUT2D eigenvalue weighted by Gasteiger charge is 2.43. The molecule has 1 aromatic carbocycles. The maximum absolute atomic E-state index is 13.0. The minimum Gasteiger partial charge on any atom is -0.493 e. The van der Waals surface area contributed by atoms with Gasteiger partial charge in [0.05, 0.1) is 19.8 Å². The number of carbonyl (C=O) groups excluding carboxylic acids is 1. The zero-order valence-electron chi connectivity index (χ0n) is 15.9. The molecule has 3 rings (SSSR count). The van der Waals surface area contributed by atoms with Gasteiger partial charge >= 0.3 is 0 Å². The number of methoxy groups -OCH3 is 2. The van der Waals surface area contributed by atoms with Crippen LogP contribution in [0.1, 0.15) is 38.2 Å². The molecule has 0 amide bonds. The Morgan fingerprint density at radius 3 is 2.48 bits per heavy atom. The van der Waals surface area contributed by atoms with Crippen LogP contribution in [0, 0.1) is 5.41 Å². The van der Waals surface area contributed by atoms with Gasteiger partial charge in [-0.2, -0.15) is 0 Å². The maximum Gasteiger partial charge on any atom is 0.197 e. The second kappa shape index (κ2) is 6.88. The number of rotatable bonds is 4. The van der Waals surface area contributed by atoms with Gasteiger partial charge in [-0.3, -0.25) is 4.79 Å². The van der Waals surface area contributed by atoms with Gasteiger partial charge in [0.2, 0.25) is 0 Å². The summed E-state index contributed by atoms with van der Waals surface area (Å²) in [6, 6.07) is 5.47. The Bertz CT molecular complexity index is 886. The fourth-order valence-corrected chi connectivity index (χ4v) is 4.01. The summed E-state index contributed by atoms with van der Waals surface area (Å²) in [6.07, 6.45) is 1.03. The molecule has 0 unspecified atom stereocenters. The fourth-order valence-electron chi connectivity index (χ4n) is 3.79. The van der Waals surface area contributed by atoms with Crippen LogP contribution in [0.15, 0.2) is 41.0 Å². The number of allylic oxidation sites excluding steroid dienone is 2. The molecule has 1 atom stereocenters. The molecule has 0 bridgehead atoms. The van der Waals surface area contributed by atoms with Crippen LogP contribution in [0.2, 0.25) is 0 Å². The lowest BCUT2D eigenvalue weighted by Gasteiger charge is -2.38. The van der Waals surface area contributed by atoms with Gasteiger partial charge in [0.1, 0.15) is 10.7 Å². The smallest absolute Gasteiger partial charge is 0.197 e. The summed E-state index contributed by atoms with van der Waals surface area (Å²) in [4.78, 5) is 13.1. The molecule has 1 heterocycles. The van der Waals surface area contributed by atoms with Gasteiger partial charge in [0.25, 0.3) is 0 Å². The number of thiocarbonyl (C=S) groups is 1. The van der Waals surface area contributed by atoms with Crippen LogP contribution in [0.4, 0.5) is 0 Å². The minimum atomic E-state index is -0.491. The molecule has 0 aromatic heterocycles. The minimum absolute atomic E-state index is 0.0160. The van der Waals surface area contributed by atoms with E-state index in [2.05, 4.69) is 0 Å². The van der Waals surface area contributed by atoms with Crippen molar-refractivity contribution in [3.05, 3.63) is 46.6 Å². The van der Waals surface area contributed by atoms with Crippen LogP contribution in [-0.4, -0.2) is 25.0 Å². The van der Waals surface area contributed by atoms with E-state index in [1.54, 1.807) is 20.3 Å². The summed E-state index contributed by atoms with van der Waals surface area (Å²) in [6.45, 7) is 4.07. The normalized spacial score (nSPS) is 21.5. The van der Waals surface area contributed by atoms with E-state index in [0.29, 0.717) is 41.2 Å². The summed E-state index contributed by atoms with van der Waals surface area (Å²) in [7, 11) is 3.13. The van der Waals surface area contributed by atoms with Gasteiger partial charge in [0.15, 0.2) is 23.2 Å². The highest BCUT2D eigenvalue weighted by Crippen LogP contribution is 2.48. The topological polar surface area (TPSA) is 96.8 Å². The number of nitrogens with two attached hydrogens (primary N) is 2. The zero-order chi connectivity index (χ0) is 19.9. The molecule has 27 heavy (non-hydrogen) atoms. The van der Waals surface area contributed by atoms with Crippen LogP contribution in [0.3, 0.4) is 0 Å². The van der Waals surface area contributed by atoms with Crippen LogP contribution >= 0.6 is 12.2 Å². The molecule has 0 saturated heterocycles. The van der Waals surface area contributed by atoms with Crippen molar-refractivity contribution >= 4 is 23.0 Å². The largest absolute Gasteiger partial charge is 0.493 e. The molecule has 1 aliphatic carbocycles. The molecule has 0 spiro atoms. The summed E-state index contributed by atoms with van der Waals surface area (Å²) >= 11 is 5.23. The lowest BCUT2D eigenvalue weighted by molar-refractivity contribution is -0.119. The first-order valence-electron chi connectivity index (χ1n) is 8.64. The standard InChI is InChI=1S/C20H24N2O4S/c1-20(2)8-11(23)16-14(9-20)26-18(21)17(19(22)27)15(16)10-5-6-12(24-3)13(7-10)25-4/h5-7,15H,8-9,21H2,1-4H3,(H2,22,27)/t15-/m1/s1. The van der Waals surface area contributed by atoms with Crippen LogP contribution in [0.5, 0.6) is 11.5 Å². The molecule has 2 aliphatic rings. The molecule has 6 nitrogen and oxygen atoms in total. The number of ketones is 1. The van der Waals surface area contributed by atoms with Gasteiger partial charge in [-0.05, 0) is 23.1 Å². The third-order valence-electron chi connectivity index (χ3n) is 4.96. The average molecular weight is 388 g/mol. The summed E-state index contributed by atoms with van der Waals surface area (Å²) < 4.78 is 16.5. The SMILES string of the molecule is COc1ccc([C@H]2C(C(N)=S)=C(N)OC3=C2C(=O)CC(C)(C)C3)cc1OC. The number of hydrogen-bond donors (Lipinski definition) is 2. The molecular formula is C20H24N2O4S. The van der Waals surface area contributed by atoms with Crippen molar-refractivity contribution < 1.29 is 19.0 Å². The number of benzene rings is 1. The van der Waals surface area contributed by atoms with Gasteiger partial charge < -0.3 is 25.7 Å². The highest BCUT2D eigenvalue weighted by molar-refractivity contribution is 7.80. The molecule has 0 radical (unpaired) electrons. The summed E-state index contributed by atoms with van der Waals surface area (Å²) in [5, 5.41) is 0. The first-order valence-corrected chi connectivity index (χ1v) is 9.05. The van der Waals surface area contributed by atoms with Crippen molar-refractivity contribution in [2.45, 2.75) is 32.6 Å². The molecular weight excluding hydrogens is 364 g/mol. The summed E-state index contributed by atoms with van der Waals surface area (Å²) in [5.74, 6) is 1.40. The highest BCUT2D eigenvalue weighted by atomic mass is 32.1. The number of ether oxygens (including phenoxy) is 3. The van der Waals surface area contributed by atoms with Crippen LogP contribution in [-0.2, 0) is 9.53 Å². The van der Waals surface area contributed by atoms with E-state index in [-0.39, 0.29) is 22.1 Å². The van der Waals surface area contributed by atoms with Gasteiger partial charge in [-0.15, -0.1) is 0 Å². The van der Waals surface area contributed by atoms with Gasteiger partial charge in [0, 0.05) is 24.3 Å². The van der Waals surface area contributed by atoms with E-state index in [1.165, 1.54) is 0 Å². The molecule has 144 valence electrons. The Kier molecular flexibility index (Phi) is 4.90. The van der Waals surface area contributed by atoms with E-state index in [0.717, 1.165) is 5.56 Å². The average Bonchev–Trinajstić information content (AvgIpc) is 2.58. The molecule has 1 aromatic rings. The van der Waals surface area contributed by atoms with Crippen molar-refractivity contribution in [2.24, 2.45) is 16.9 Å². The zero-order valence-corrected chi connectivity index (χ0v) is 16.7. The van der Waals surface area contributed by atoms with Crippen molar-refractivity contribution in [1.82, 2.24) is 0 Å². The maximum atomic E-state index is 13.0. The van der Waals surface area contributed by atoms with Gasteiger partial charge in [-0.1, -0.05) is 32.1 Å². The summed E-state index contributed by atoms with van der Waals surface area (Å²) in [5.41, 5.74) is 13.7. The molecule has 0 saturated carbocycles. The van der Waals surface area contributed by atoms with Crippen LogP contribution < -0.4 is 20.9 Å². The van der Waals surface area contributed by atoms with Crippen LogP contribution in [0.25, 0.3) is 0 Å². The van der Waals surface area contributed by atoms with Crippen molar-refractivity contribution in [3.63, 3.8) is 0 Å². The molecule has 0 fully saturated rings. The first kappa shape index (κ1) is 19.2. The van der Waals surface area contributed by atoms with E-state index in [1.807, 2.05) is 26.0 Å². The number of Topliss-reactive ketones (excluding diaryl/α,β-unsaturated/α-hetero) is 1. The third-order valence-corrected chi connectivity index (χ3v) is 5.18. The molecule has 1 aliphatic heterocycles. The number of carbonyl (C=O) groups is 1. The molecule has 4 N–H and O–H groups in total. The predicted molar refractivity (Wildman–Crippen MR) is 106 cm³/mol. The fraction of sp³-hybridized carbons (Fsp3) is 0.400. The van der Waals surface area contributed by atoms with Gasteiger partial charge in [-0.25, -0.2) is 0 Å². The lowest BCUT2D eigenvalue weighted by atomic mass is 9.70. The quantitative estimate of drug-likeness (QED) is 0.766. The van der Waals surface area contributed by atoms with E-state index < -0.39 is 5.92 Å². The van der Waals surface area contributed by atoms with E-state index in [9.17, 15) is 4.79 Å². The predicted octanol–water partition coefficient (Wildman–Crippen LogP) is 2.92. The Morgan fingerprint density at radius 2 is 1.89 bits per heavy atom.